The van der Waals surface area contributed by atoms with Gasteiger partial charge >= 0.3 is 0 Å². The largest absolute Gasteiger partial charge is 0.348 e. The minimum atomic E-state index is -4.04. The number of amides is 1. The lowest BCUT2D eigenvalue weighted by molar-refractivity contribution is 0.0921. The molecule has 1 amide bonds. The Morgan fingerprint density at radius 1 is 1.13 bits per heavy atom. The molecule has 1 unspecified atom stereocenters. The van der Waals surface area contributed by atoms with Gasteiger partial charge in [-0.2, -0.15) is 0 Å². The molecule has 3 rings (SSSR count). The van der Waals surface area contributed by atoms with Crippen molar-refractivity contribution in [3.8, 4) is 0 Å². The van der Waals surface area contributed by atoms with E-state index in [4.69, 9.17) is 0 Å². The second kappa shape index (κ2) is 8.93. The summed E-state index contributed by atoms with van der Waals surface area (Å²) in [7, 11) is -7.38. The lowest BCUT2D eigenvalue weighted by Crippen LogP contribution is -2.49. The van der Waals surface area contributed by atoms with E-state index in [9.17, 15) is 26.0 Å². The molecule has 2 aromatic carbocycles. The number of nitrogens with zero attached hydrogens (tertiary/aromatic N) is 1. The number of rotatable bonds is 6. The summed E-state index contributed by atoms with van der Waals surface area (Å²) < 4.78 is 66.0. The first-order chi connectivity index (χ1) is 14.5. The van der Waals surface area contributed by atoms with Crippen molar-refractivity contribution in [3.63, 3.8) is 0 Å². The van der Waals surface area contributed by atoms with E-state index < -0.39 is 31.8 Å². The van der Waals surface area contributed by atoms with Gasteiger partial charge in [0, 0.05) is 30.4 Å². The standard InChI is InChI=1S/C20H24FN3O5S2/c1-14-8-9-18(12-19(14)21)31(28,29)23-16-6-3-5-15(11-16)20(25)22-17-7-4-10-24(13-17)30(2,26)27/h3,5-6,8-9,11-12,17,23H,4,7,10,13H2,1-2H3,(H,22,25). The first-order valence-corrected chi connectivity index (χ1v) is 12.9. The zero-order valence-electron chi connectivity index (χ0n) is 17.1. The summed E-state index contributed by atoms with van der Waals surface area (Å²) in [6.07, 6.45) is 2.40. The third-order valence-electron chi connectivity index (χ3n) is 5.02. The highest BCUT2D eigenvalue weighted by Gasteiger charge is 2.27. The number of anilines is 1. The molecule has 1 fully saturated rings. The van der Waals surface area contributed by atoms with Gasteiger partial charge in [0.15, 0.2) is 0 Å². The second-order valence-corrected chi connectivity index (χ2v) is 11.2. The molecule has 0 aromatic heterocycles. The van der Waals surface area contributed by atoms with Gasteiger partial charge in [-0.15, -0.1) is 0 Å². The third-order valence-corrected chi connectivity index (χ3v) is 7.67. The van der Waals surface area contributed by atoms with Gasteiger partial charge in [-0.25, -0.2) is 25.5 Å². The number of halogens is 1. The van der Waals surface area contributed by atoms with Gasteiger partial charge in [0.2, 0.25) is 10.0 Å². The molecule has 168 valence electrons. The molecule has 0 spiro atoms. The molecule has 1 aliphatic heterocycles. The van der Waals surface area contributed by atoms with Crippen molar-refractivity contribution < 1.29 is 26.0 Å². The average Bonchev–Trinajstić information content (AvgIpc) is 2.69. The van der Waals surface area contributed by atoms with Crippen molar-refractivity contribution >= 4 is 31.6 Å². The normalized spacial score (nSPS) is 17.8. The van der Waals surface area contributed by atoms with Crippen molar-refractivity contribution in [1.29, 1.82) is 0 Å². The van der Waals surface area contributed by atoms with Gasteiger partial charge in [0.1, 0.15) is 5.82 Å². The van der Waals surface area contributed by atoms with Crippen LogP contribution < -0.4 is 10.0 Å². The number of carbonyl (C=O) groups excluding carboxylic acids is 1. The summed E-state index contributed by atoms with van der Waals surface area (Å²) in [5, 5.41) is 2.80. The van der Waals surface area contributed by atoms with Crippen molar-refractivity contribution in [2.24, 2.45) is 0 Å². The SMILES string of the molecule is Cc1ccc(S(=O)(=O)Nc2cccc(C(=O)NC3CCCN(S(C)(=O)=O)C3)c2)cc1F. The highest BCUT2D eigenvalue weighted by Crippen LogP contribution is 2.20. The van der Waals surface area contributed by atoms with E-state index in [0.29, 0.717) is 24.9 Å². The molecule has 0 radical (unpaired) electrons. The van der Waals surface area contributed by atoms with E-state index in [-0.39, 0.29) is 28.7 Å². The number of carbonyl (C=O) groups is 1. The minimum Gasteiger partial charge on any atom is -0.348 e. The number of hydrogen-bond donors (Lipinski definition) is 2. The van der Waals surface area contributed by atoms with Crippen molar-refractivity contribution in [2.75, 3.05) is 24.1 Å². The van der Waals surface area contributed by atoms with Crippen LogP contribution in [0.4, 0.5) is 10.1 Å². The summed E-state index contributed by atoms with van der Waals surface area (Å²) in [5.41, 5.74) is 0.691. The van der Waals surface area contributed by atoms with E-state index in [1.807, 2.05) is 0 Å². The molecule has 1 heterocycles. The van der Waals surface area contributed by atoms with Gasteiger partial charge in [-0.3, -0.25) is 9.52 Å². The number of piperidine rings is 1. The molecule has 0 saturated carbocycles. The van der Waals surface area contributed by atoms with Gasteiger partial charge in [-0.1, -0.05) is 12.1 Å². The van der Waals surface area contributed by atoms with Crippen LogP contribution >= 0.6 is 0 Å². The number of nitrogens with one attached hydrogen (secondary N) is 2. The second-order valence-electron chi connectivity index (χ2n) is 7.53. The lowest BCUT2D eigenvalue weighted by Gasteiger charge is -2.31. The maximum absolute atomic E-state index is 13.8. The molecule has 0 aliphatic carbocycles. The fourth-order valence-electron chi connectivity index (χ4n) is 3.31. The van der Waals surface area contributed by atoms with Gasteiger partial charge in [0.25, 0.3) is 15.9 Å². The first-order valence-electron chi connectivity index (χ1n) is 9.61. The van der Waals surface area contributed by atoms with E-state index in [2.05, 4.69) is 10.0 Å². The molecule has 2 N–H and O–H groups in total. The number of hydrogen-bond acceptors (Lipinski definition) is 5. The monoisotopic (exact) mass is 469 g/mol. The predicted molar refractivity (Wildman–Crippen MR) is 115 cm³/mol. The van der Waals surface area contributed by atoms with E-state index >= 15 is 0 Å². The summed E-state index contributed by atoms with van der Waals surface area (Å²) in [4.78, 5) is 12.4. The average molecular weight is 470 g/mol. The molecule has 11 heteroatoms. The molecule has 1 aliphatic rings. The fourth-order valence-corrected chi connectivity index (χ4v) is 5.28. The molecule has 0 bridgehead atoms. The van der Waals surface area contributed by atoms with Crippen molar-refractivity contribution in [1.82, 2.24) is 9.62 Å². The van der Waals surface area contributed by atoms with E-state index in [0.717, 1.165) is 12.3 Å². The lowest BCUT2D eigenvalue weighted by atomic mass is 10.1. The Kier molecular flexibility index (Phi) is 6.68. The van der Waals surface area contributed by atoms with Crippen LogP contribution in [0.5, 0.6) is 0 Å². The summed E-state index contributed by atoms with van der Waals surface area (Å²) >= 11 is 0. The number of sulfonamides is 2. The topological polar surface area (TPSA) is 113 Å². The summed E-state index contributed by atoms with van der Waals surface area (Å²) in [6, 6.07) is 9.16. The van der Waals surface area contributed by atoms with Crippen LogP contribution in [0, 0.1) is 12.7 Å². The Morgan fingerprint density at radius 3 is 2.55 bits per heavy atom. The molecular formula is C20H24FN3O5S2. The maximum atomic E-state index is 13.8. The van der Waals surface area contributed by atoms with Crippen LogP contribution in [0.1, 0.15) is 28.8 Å². The van der Waals surface area contributed by atoms with E-state index in [1.54, 1.807) is 0 Å². The van der Waals surface area contributed by atoms with Crippen LogP contribution in [0.3, 0.4) is 0 Å². The Balaban J connectivity index is 1.72. The van der Waals surface area contributed by atoms with Crippen LogP contribution in [0.15, 0.2) is 47.4 Å². The zero-order valence-corrected chi connectivity index (χ0v) is 18.8. The number of benzene rings is 2. The maximum Gasteiger partial charge on any atom is 0.261 e. The van der Waals surface area contributed by atoms with Gasteiger partial charge < -0.3 is 5.32 Å². The molecule has 31 heavy (non-hydrogen) atoms. The minimum absolute atomic E-state index is 0.148. The first kappa shape index (κ1) is 23.2. The van der Waals surface area contributed by atoms with Crippen LogP contribution in [0.25, 0.3) is 0 Å². The smallest absolute Gasteiger partial charge is 0.261 e. The predicted octanol–water partition coefficient (Wildman–Crippen LogP) is 2.09. The highest BCUT2D eigenvalue weighted by molar-refractivity contribution is 7.92. The quantitative estimate of drug-likeness (QED) is 0.673. The molecule has 2 aromatic rings. The third kappa shape index (κ3) is 5.81. The molecule has 8 nitrogen and oxygen atoms in total. The van der Waals surface area contributed by atoms with Crippen molar-refractivity contribution in [2.45, 2.75) is 30.7 Å². The Labute approximate surface area is 181 Å². The summed E-state index contributed by atoms with van der Waals surface area (Å²) in [6.45, 7) is 2.14. The highest BCUT2D eigenvalue weighted by atomic mass is 32.2. The molecule has 1 atom stereocenters. The van der Waals surface area contributed by atoms with E-state index in [1.165, 1.54) is 47.6 Å². The molecule has 1 saturated heterocycles. The molecular weight excluding hydrogens is 445 g/mol. The van der Waals surface area contributed by atoms with Gasteiger partial charge in [0.05, 0.1) is 11.2 Å². The van der Waals surface area contributed by atoms with Gasteiger partial charge in [-0.05, 0) is 55.7 Å². The Hall–Kier alpha value is -2.50. The van der Waals surface area contributed by atoms with Crippen LogP contribution in [-0.4, -0.2) is 52.4 Å². The van der Waals surface area contributed by atoms with Crippen molar-refractivity contribution in [3.05, 3.63) is 59.4 Å². The van der Waals surface area contributed by atoms with Crippen LogP contribution in [0.2, 0.25) is 0 Å². The Bertz CT molecular complexity index is 1200. The Morgan fingerprint density at radius 2 is 1.87 bits per heavy atom. The van der Waals surface area contributed by atoms with Crippen LogP contribution in [-0.2, 0) is 20.0 Å². The zero-order chi connectivity index (χ0) is 22.8. The fraction of sp³-hybridized carbons (Fsp3) is 0.350. The summed E-state index contributed by atoms with van der Waals surface area (Å²) in [5.74, 6) is -1.07. The number of aryl methyl sites for hydroxylation is 1.